The molecule has 0 saturated heterocycles. The summed E-state index contributed by atoms with van der Waals surface area (Å²) < 4.78 is 92.5. The van der Waals surface area contributed by atoms with Crippen LogP contribution in [0, 0.1) is 51.4 Å². The number of carbonyl (C=O) groups excluding carboxylic acids is 6. The Labute approximate surface area is 594 Å². The first-order chi connectivity index (χ1) is 49.4. The van der Waals surface area contributed by atoms with Gasteiger partial charge in [0.2, 0.25) is 0 Å². The van der Waals surface area contributed by atoms with Crippen LogP contribution in [0.3, 0.4) is 0 Å². The van der Waals surface area contributed by atoms with Crippen LogP contribution >= 0.6 is 0 Å². The third-order valence-electron chi connectivity index (χ3n) is 16.2. The number of esters is 6. The zero-order chi connectivity index (χ0) is 73.3. The minimum atomic E-state index is -1.21. The van der Waals surface area contributed by atoms with E-state index in [4.69, 9.17) is 58.4 Å². The molecular weight excluding hydrogens is 1310 g/mol. The quantitative estimate of drug-likeness (QED) is 0.0113. The number of halogens is 3. The van der Waals surface area contributed by atoms with Crippen molar-refractivity contribution in [1.29, 1.82) is 15.8 Å². The lowest BCUT2D eigenvalue weighted by molar-refractivity contribution is -0.191. The first kappa shape index (κ1) is 80.0. The van der Waals surface area contributed by atoms with Crippen LogP contribution in [0.2, 0.25) is 0 Å². The van der Waals surface area contributed by atoms with Crippen LogP contribution in [0.5, 0.6) is 34.5 Å². The molecule has 0 amide bonds. The van der Waals surface area contributed by atoms with Gasteiger partial charge in [0, 0.05) is 19.3 Å². The Kier molecular flexibility index (Phi) is 35.2. The molecule has 0 spiro atoms. The van der Waals surface area contributed by atoms with Crippen LogP contribution in [-0.4, -0.2) is 68.5 Å². The Morgan fingerprint density at radius 1 is 0.343 bits per heavy atom. The molecule has 0 fully saturated rings. The molecule has 0 heterocycles. The lowest BCUT2D eigenvalue weighted by Gasteiger charge is -2.18. The molecule has 0 N–H and O–H groups in total. The monoisotopic (exact) mass is 1400 g/mol. The molecule has 536 valence electrons. The number of nitriles is 3. The summed E-state index contributed by atoms with van der Waals surface area (Å²) in [6.45, 7) is 12.7. The summed E-state index contributed by atoms with van der Waals surface area (Å²) in [6.07, 6.45) is 17.4. The van der Waals surface area contributed by atoms with Gasteiger partial charge in [-0.3, -0.25) is 14.4 Å². The van der Waals surface area contributed by atoms with Crippen molar-refractivity contribution in [3.05, 3.63) is 198 Å². The summed E-state index contributed by atoms with van der Waals surface area (Å²) in [5.41, 5.74) is 1.84. The number of nitrogens with zero attached hydrogens (tertiary/aromatic N) is 3. The first-order valence-corrected chi connectivity index (χ1v) is 34.5. The topological polar surface area (TPSA) is 257 Å². The van der Waals surface area contributed by atoms with Crippen molar-refractivity contribution in [3.8, 4) is 52.7 Å². The minimum Gasteiger partial charge on any atom is -0.494 e. The van der Waals surface area contributed by atoms with Gasteiger partial charge in [-0.25, -0.2) is 27.6 Å². The first-order valence-electron chi connectivity index (χ1n) is 34.5. The Bertz CT molecular complexity index is 3740. The van der Waals surface area contributed by atoms with E-state index in [1.54, 1.807) is 72.8 Å². The number of unbranched alkanes of at least 4 members (excludes halogenated alkanes) is 18. The smallest absolute Gasteiger partial charge is 0.343 e. The molecule has 0 aliphatic heterocycles. The molecule has 0 bridgehead atoms. The van der Waals surface area contributed by atoms with Gasteiger partial charge < -0.3 is 42.6 Å². The molecule has 6 rings (SSSR count). The number of ether oxygens (including phenoxy) is 9. The van der Waals surface area contributed by atoms with Gasteiger partial charge in [0.25, 0.3) is 6.29 Å². The maximum Gasteiger partial charge on any atom is 0.343 e. The van der Waals surface area contributed by atoms with E-state index >= 15 is 0 Å². The summed E-state index contributed by atoms with van der Waals surface area (Å²) in [5.74, 6) is -5.46. The third-order valence-corrected chi connectivity index (χ3v) is 16.2. The zero-order valence-electron chi connectivity index (χ0n) is 57.4. The fraction of sp³-hybridized carbons (Fsp3) is 0.370. The van der Waals surface area contributed by atoms with Crippen molar-refractivity contribution in [3.63, 3.8) is 0 Å². The molecular formula is C81H86F3N3O15. The molecule has 6 aromatic rings. The molecule has 0 saturated carbocycles. The number of carbonyl (C=O) groups is 6. The third kappa shape index (κ3) is 29.5. The van der Waals surface area contributed by atoms with E-state index in [0.717, 1.165) is 134 Å². The number of rotatable bonds is 47. The normalized spacial score (nSPS) is 10.7. The van der Waals surface area contributed by atoms with E-state index in [1.165, 1.54) is 36.4 Å². The highest BCUT2D eigenvalue weighted by Crippen LogP contribution is 2.28. The van der Waals surface area contributed by atoms with Gasteiger partial charge in [0.05, 0.1) is 84.5 Å². The van der Waals surface area contributed by atoms with E-state index in [9.17, 15) is 41.9 Å². The second kappa shape index (κ2) is 44.9. The SMILES string of the molecule is C=C(C(=O)Oc1ccc(C#N)cc1F)c1ccc(OCCCCCCCCCC(=O)OCCC(OC(=O)CCCCCCCCCOc2ccc(C(=C)C(=O)Oc3ccc(C#N)cc3F)cc2)OC(=O)CCCCCCCCCOc2ccc(C(=C)C(=O)Oc3ccc(C#N)cc3F)cc2)cc1. The van der Waals surface area contributed by atoms with E-state index in [1.807, 2.05) is 18.2 Å². The van der Waals surface area contributed by atoms with Gasteiger partial charge in [0.1, 0.15) is 17.2 Å². The fourth-order valence-corrected chi connectivity index (χ4v) is 10.3. The van der Waals surface area contributed by atoms with Crippen molar-refractivity contribution in [1.82, 2.24) is 0 Å². The Morgan fingerprint density at radius 3 is 0.882 bits per heavy atom. The largest absolute Gasteiger partial charge is 0.494 e. The lowest BCUT2D eigenvalue weighted by Crippen LogP contribution is -2.26. The molecule has 0 aromatic heterocycles. The van der Waals surface area contributed by atoms with E-state index < -0.39 is 59.6 Å². The van der Waals surface area contributed by atoms with Crippen LogP contribution in [0.15, 0.2) is 147 Å². The molecule has 18 nitrogen and oxygen atoms in total. The van der Waals surface area contributed by atoms with E-state index in [0.29, 0.717) is 73.0 Å². The van der Waals surface area contributed by atoms with Crippen molar-refractivity contribution in [2.75, 3.05) is 26.4 Å². The van der Waals surface area contributed by atoms with Gasteiger partial charge >= 0.3 is 35.8 Å². The zero-order valence-corrected chi connectivity index (χ0v) is 57.4. The second-order valence-corrected chi connectivity index (χ2v) is 24.1. The molecule has 0 aliphatic rings. The number of hydrogen-bond acceptors (Lipinski definition) is 18. The van der Waals surface area contributed by atoms with Crippen LogP contribution in [0.25, 0.3) is 16.7 Å². The number of benzene rings is 6. The predicted molar refractivity (Wildman–Crippen MR) is 376 cm³/mol. The fourth-order valence-electron chi connectivity index (χ4n) is 10.3. The molecule has 0 atom stereocenters. The summed E-state index contributed by atoms with van der Waals surface area (Å²) in [4.78, 5) is 76.7. The van der Waals surface area contributed by atoms with Crippen LogP contribution < -0.4 is 28.4 Å². The highest BCUT2D eigenvalue weighted by molar-refractivity contribution is 6.17. The van der Waals surface area contributed by atoms with Crippen molar-refractivity contribution in [2.45, 2.75) is 167 Å². The molecule has 102 heavy (non-hydrogen) atoms. The Balaban J connectivity index is 0.817. The van der Waals surface area contributed by atoms with Gasteiger partial charge in [-0.2, -0.15) is 15.8 Å². The van der Waals surface area contributed by atoms with Crippen molar-refractivity contribution >= 4 is 52.5 Å². The highest BCUT2D eigenvalue weighted by atomic mass is 19.1. The number of hydrogen-bond donors (Lipinski definition) is 0. The van der Waals surface area contributed by atoms with Crippen molar-refractivity contribution < 1.29 is 84.6 Å². The maximum atomic E-state index is 14.2. The van der Waals surface area contributed by atoms with Gasteiger partial charge in [-0.15, -0.1) is 0 Å². The van der Waals surface area contributed by atoms with E-state index in [2.05, 4.69) is 19.7 Å². The van der Waals surface area contributed by atoms with Crippen LogP contribution in [0.1, 0.15) is 194 Å². The molecule has 0 unspecified atom stereocenters. The molecule has 21 heteroatoms. The highest BCUT2D eigenvalue weighted by Gasteiger charge is 2.22. The minimum absolute atomic E-state index is 0.00527. The van der Waals surface area contributed by atoms with Crippen LogP contribution in [-0.2, 0) is 43.0 Å². The summed E-state index contributed by atoms with van der Waals surface area (Å²) in [7, 11) is 0. The van der Waals surface area contributed by atoms with Gasteiger partial charge in [-0.1, -0.05) is 152 Å². The average Bonchev–Trinajstić information content (AvgIpc) is 0.860. The van der Waals surface area contributed by atoms with Crippen LogP contribution in [0.4, 0.5) is 13.2 Å². The molecule has 0 aliphatic carbocycles. The lowest BCUT2D eigenvalue weighted by atomic mass is 10.1. The Morgan fingerprint density at radius 2 is 0.608 bits per heavy atom. The molecule has 6 aromatic carbocycles. The molecule has 0 radical (unpaired) electrons. The average molecular weight is 1400 g/mol. The standard InChI is InChI=1S/C81H86F3N3O15/c1-57(79(91)98-72-43-28-60(54-85)51-69(72)82)63-31-37-66(38-32-63)94-47-22-16-10-4-7-13-19-25-75(88)97-50-46-78(101-76(89)26-20-14-8-5-11-17-23-48-95-67-39-33-64(34-40-67)58(2)80(92)99-73-44-29-61(55-86)52-70(73)83)102-77(90)27-21-15-9-6-12-18-24-49-96-68-41-35-65(36-42-68)59(3)81(93)100-74-45-30-62(56-87)53-71(74)84/h28-45,51-53,78H,1-27,46-50H2. The Hall–Kier alpha value is -11.0. The summed E-state index contributed by atoms with van der Waals surface area (Å²) >= 11 is 0. The summed E-state index contributed by atoms with van der Waals surface area (Å²) in [5, 5.41) is 26.8. The summed E-state index contributed by atoms with van der Waals surface area (Å²) in [6, 6.07) is 36.3. The van der Waals surface area contributed by atoms with Crippen molar-refractivity contribution in [2.24, 2.45) is 0 Å². The predicted octanol–water partition coefficient (Wildman–Crippen LogP) is 17.8. The van der Waals surface area contributed by atoms with E-state index in [-0.39, 0.29) is 82.9 Å². The maximum absolute atomic E-state index is 14.2. The van der Waals surface area contributed by atoms with Gasteiger partial charge in [0.15, 0.2) is 34.7 Å². The second-order valence-electron chi connectivity index (χ2n) is 24.1. The van der Waals surface area contributed by atoms with Gasteiger partial charge in [-0.05, 0) is 146 Å².